The van der Waals surface area contributed by atoms with Crippen LogP contribution in [0.5, 0.6) is 0 Å². The lowest BCUT2D eigenvalue weighted by Gasteiger charge is -2.37. The topological polar surface area (TPSA) is 64.2 Å². The summed E-state index contributed by atoms with van der Waals surface area (Å²) in [7, 11) is 0. The molecule has 2 aromatic carbocycles. The van der Waals surface area contributed by atoms with E-state index in [1.54, 1.807) is 6.20 Å². The van der Waals surface area contributed by atoms with Crippen molar-refractivity contribution in [2.75, 3.05) is 18.0 Å². The molecular weight excluding hydrogens is 364 g/mol. The van der Waals surface area contributed by atoms with Crippen molar-refractivity contribution in [3.05, 3.63) is 70.2 Å². The number of fused-ring (bicyclic) bond motifs is 2. The molecule has 29 heavy (non-hydrogen) atoms. The van der Waals surface area contributed by atoms with E-state index in [2.05, 4.69) is 21.3 Å². The number of rotatable bonds is 2. The number of aryl methyl sites for hydroxylation is 2. The van der Waals surface area contributed by atoms with Crippen LogP contribution in [0.4, 0.5) is 5.69 Å². The summed E-state index contributed by atoms with van der Waals surface area (Å²) in [5.41, 5.74) is 6.28. The van der Waals surface area contributed by atoms with Gasteiger partial charge in [0.05, 0.1) is 6.20 Å². The minimum atomic E-state index is -0.383. The Morgan fingerprint density at radius 1 is 1.00 bits per heavy atom. The summed E-state index contributed by atoms with van der Waals surface area (Å²) >= 11 is 0. The Balaban J connectivity index is 1.51. The maximum atomic E-state index is 12.8. The van der Waals surface area contributed by atoms with Crippen LogP contribution in [0.2, 0.25) is 0 Å². The van der Waals surface area contributed by atoms with E-state index in [0.717, 1.165) is 54.6 Å². The molecule has 6 rings (SSSR count). The first kappa shape index (κ1) is 16.5. The molecule has 0 saturated carbocycles. The molecule has 0 aliphatic carbocycles. The lowest BCUT2D eigenvalue weighted by molar-refractivity contribution is 0.541. The molecule has 0 fully saturated rings. The first-order valence-electron chi connectivity index (χ1n) is 10.1. The van der Waals surface area contributed by atoms with Gasteiger partial charge in [0.25, 0.3) is 0 Å². The van der Waals surface area contributed by atoms with E-state index < -0.39 is 0 Å². The van der Waals surface area contributed by atoms with Gasteiger partial charge in [0.2, 0.25) is 0 Å². The zero-order chi connectivity index (χ0) is 19.4. The highest BCUT2D eigenvalue weighted by molar-refractivity contribution is 5.89. The van der Waals surface area contributed by atoms with Gasteiger partial charge in [-0.1, -0.05) is 35.5 Å². The van der Waals surface area contributed by atoms with Crippen LogP contribution in [0.15, 0.2) is 57.9 Å². The summed E-state index contributed by atoms with van der Waals surface area (Å²) in [6, 6.07) is 13.9. The molecule has 6 nitrogen and oxygen atoms in total. The Kier molecular flexibility index (Phi) is 3.59. The van der Waals surface area contributed by atoms with Gasteiger partial charge in [-0.15, -0.1) is 5.10 Å². The van der Waals surface area contributed by atoms with Crippen molar-refractivity contribution in [3.8, 4) is 16.9 Å². The molecular formula is C23H20N4O2. The monoisotopic (exact) mass is 384 g/mol. The molecule has 0 saturated heterocycles. The number of hydrogen-bond donors (Lipinski definition) is 0. The second-order valence-electron chi connectivity index (χ2n) is 7.81. The van der Waals surface area contributed by atoms with E-state index in [-0.39, 0.29) is 5.63 Å². The van der Waals surface area contributed by atoms with E-state index in [1.165, 1.54) is 27.9 Å². The predicted octanol–water partition coefficient (Wildman–Crippen LogP) is 3.74. The summed E-state index contributed by atoms with van der Waals surface area (Å²) in [5.74, 6) is 0. The van der Waals surface area contributed by atoms with Crippen molar-refractivity contribution in [1.29, 1.82) is 0 Å². The fraction of sp³-hybridized carbons (Fsp3) is 0.261. The van der Waals surface area contributed by atoms with Gasteiger partial charge in [-0.3, -0.25) is 0 Å². The molecule has 2 aliphatic heterocycles. The summed E-state index contributed by atoms with van der Waals surface area (Å²) in [5, 5.41) is 9.38. The van der Waals surface area contributed by atoms with Crippen LogP contribution in [0.3, 0.4) is 0 Å². The maximum absolute atomic E-state index is 12.8. The van der Waals surface area contributed by atoms with E-state index >= 15 is 0 Å². The smallest absolute Gasteiger partial charge is 0.362 e. The van der Waals surface area contributed by atoms with Crippen LogP contribution in [0.25, 0.3) is 27.9 Å². The zero-order valence-electron chi connectivity index (χ0n) is 16.0. The van der Waals surface area contributed by atoms with E-state index in [4.69, 9.17) is 4.42 Å². The molecule has 0 radical (unpaired) electrons. The Hall–Kier alpha value is -3.41. The molecule has 0 bridgehead atoms. The Labute approximate surface area is 167 Å². The van der Waals surface area contributed by atoms with Crippen molar-refractivity contribution in [3.63, 3.8) is 0 Å². The van der Waals surface area contributed by atoms with Gasteiger partial charge in [0, 0.05) is 35.3 Å². The Morgan fingerprint density at radius 3 is 2.69 bits per heavy atom. The van der Waals surface area contributed by atoms with Crippen molar-refractivity contribution in [2.45, 2.75) is 25.7 Å². The molecule has 0 unspecified atom stereocenters. The first-order valence-corrected chi connectivity index (χ1v) is 10.1. The van der Waals surface area contributed by atoms with Crippen LogP contribution in [-0.4, -0.2) is 28.1 Å². The average Bonchev–Trinajstić information content (AvgIpc) is 3.25. The number of benzene rings is 2. The fourth-order valence-electron chi connectivity index (χ4n) is 4.72. The molecule has 0 amide bonds. The predicted molar refractivity (Wildman–Crippen MR) is 112 cm³/mol. The molecule has 0 N–H and O–H groups in total. The van der Waals surface area contributed by atoms with E-state index in [0.29, 0.717) is 5.69 Å². The van der Waals surface area contributed by atoms with Crippen LogP contribution in [-0.2, 0) is 12.8 Å². The number of anilines is 1. The van der Waals surface area contributed by atoms with Crippen LogP contribution >= 0.6 is 0 Å². The van der Waals surface area contributed by atoms with Crippen molar-refractivity contribution in [2.24, 2.45) is 0 Å². The van der Waals surface area contributed by atoms with E-state index in [9.17, 15) is 4.79 Å². The van der Waals surface area contributed by atoms with Crippen LogP contribution in [0.1, 0.15) is 24.0 Å². The minimum absolute atomic E-state index is 0.383. The minimum Gasteiger partial charge on any atom is -0.421 e. The van der Waals surface area contributed by atoms with Gasteiger partial charge < -0.3 is 9.32 Å². The normalized spacial score (nSPS) is 15.5. The van der Waals surface area contributed by atoms with Gasteiger partial charge in [-0.25, -0.2) is 9.48 Å². The quantitative estimate of drug-likeness (QED) is 0.493. The largest absolute Gasteiger partial charge is 0.421 e. The molecule has 0 atom stereocenters. The molecule has 4 aromatic rings. The van der Waals surface area contributed by atoms with Gasteiger partial charge >= 0.3 is 5.63 Å². The Bertz CT molecular complexity index is 1290. The SMILES string of the molecule is O=c1oc2c3c4c(cc2cc1-n1cc(-c2ccccc2)nn1)CCCN4CCC3. The molecule has 4 heterocycles. The second kappa shape index (κ2) is 6.30. The molecule has 2 aromatic heterocycles. The summed E-state index contributed by atoms with van der Waals surface area (Å²) in [6.45, 7) is 2.18. The lowest BCUT2D eigenvalue weighted by atomic mass is 9.90. The highest BCUT2D eigenvalue weighted by Crippen LogP contribution is 2.39. The third kappa shape index (κ3) is 2.59. The molecule has 2 aliphatic rings. The van der Waals surface area contributed by atoms with Gasteiger partial charge in [0.15, 0.2) is 5.69 Å². The summed E-state index contributed by atoms with van der Waals surface area (Å²) in [4.78, 5) is 15.3. The standard InChI is InChI=1S/C23H20N4O2/c28-23-20(27-14-19(24-25-27)15-6-2-1-3-7-15)13-17-12-16-8-4-10-26-11-5-9-18(21(16)26)22(17)29-23/h1-3,6-7,12-14H,4-5,8-11H2. The highest BCUT2D eigenvalue weighted by Gasteiger charge is 2.27. The van der Waals surface area contributed by atoms with E-state index in [1.807, 2.05) is 36.4 Å². The third-order valence-corrected chi connectivity index (χ3v) is 6.01. The first-order chi connectivity index (χ1) is 14.3. The lowest BCUT2D eigenvalue weighted by Crippen LogP contribution is -2.34. The Morgan fingerprint density at radius 2 is 1.83 bits per heavy atom. The summed E-state index contributed by atoms with van der Waals surface area (Å²) in [6.07, 6.45) is 6.08. The van der Waals surface area contributed by atoms with Crippen LogP contribution < -0.4 is 10.5 Å². The van der Waals surface area contributed by atoms with Gasteiger partial charge in [-0.2, -0.15) is 0 Å². The number of hydrogen-bond acceptors (Lipinski definition) is 5. The maximum Gasteiger partial charge on any atom is 0.362 e. The summed E-state index contributed by atoms with van der Waals surface area (Å²) < 4.78 is 7.38. The molecule has 6 heteroatoms. The average molecular weight is 384 g/mol. The zero-order valence-corrected chi connectivity index (χ0v) is 16.0. The highest BCUT2D eigenvalue weighted by atomic mass is 16.4. The van der Waals surface area contributed by atoms with Gasteiger partial charge in [0.1, 0.15) is 11.3 Å². The van der Waals surface area contributed by atoms with Crippen molar-refractivity contribution < 1.29 is 4.42 Å². The molecule has 144 valence electrons. The number of aromatic nitrogens is 3. The van der Waals surface area contributed by atoms with Crippen molar-refractivity contribution in [1.82, 2.24) is 15.0 Å². The van der Waals surface area contributed by atoms with Crippen molar-refractivity contribution >= 4 is 16.7 Å². The third-order valence-electron chi connectivity index (χ3n) is 6.01. The molecule has 0 spiro atoms. The number of nitrogens with zero attached hydrogens (tertiary/aromatic N) is 4. The van der Waals surface area contributed by atoms with Gasteiger partial charge in [-0.05, 0) is 43.4 Å². The van der Waals surface area contributed by atoms with Crippen LogP contribution in [0, 0.1) is 0 Å². The fourth-order valence-corrected chi connectivity index (χ4v) is 4.72. The second-order valence-corrected chi connectivity index (χ2v) is 7.81.